The van der Waals surface area contributed by atoms with Gasteiger partial charge in [0.25, 0.3) is 17.0 Å². The quantitative estimate of drug-likeness (QED) is 0.105. The predicted molar refractivity (Wildman–Crippen MR) is 211 cm³/mol. The molecule has 8 aromatic heterocycles. The number of H-pyrrole nitrogens is 3. The molecule has 0 aromatic carbocycles. The molecule has 0 bridgehead atoms. The Morgan fingerprint density at radius 3 is 1.82 bits per heavy atom. The molecular formula is C38H30Cl2N6O7S2. The van der Waals surface area contributed by atoms with Gasteiger partial charge in [0.15, 0.2) is 0 Å². The highest BCUT2D eigenvalue weighted by molar-refractivity contribution is 7.16. The molecule has 0 saturated heterocycles. The number of carbonyl (C=O) groups excluding carboxylic acids is 1. The number of pyridine rings is 2. The van der Waals surface area contributed by atoms with E-state index >= 15 is 0 Å². The topological polar surface area (TPSA) is 193 Å². The molecule has 13 nitrogen and oxygen atoms in total. The van der Waals surface area contributed by atoms with E-state index in [0.29, 0.717) is 46.6 Å². The molecule has 0 aliphatic heterocycles. The third-order valence-corrected chi connectivity index (χ3v) is 10.4. The molecule has 0 amide bonds. The number of aromatic carboxylic acids is 1. The first-order valence-electron chi connectivity index (χ1n) is 16.4. The van der Waals surface area contributed by atoms with E-state index in [1.807, 2.05) is 30.3 Å². The number of carboxylic acid groups (broad SMARTS) is 1. The number of aryl methyl sites for hydroxylation is 4. The number of thiophene rings is 2. The van der Waals surface area contributed by atoms with Crippen molar-refractivity contribution in [3.05, 3.63) is 172 Å². The summed E-state index contributed by atoms with van der Waals surface area (Å²) in [6.45, 7) is 0. The second kappa shape index (κ2) is 18.4. The van der Waals surface area contributed by atoms with E-state index in [9.17, 15) is 19.2 Å². The summed E-state index contributed by atoms with van der Waals surface area (Å²) in [5.41, 5.74) is 4.03. The zero-order valence-corrected chi connectivity index (χ0v) is 31.7. The standard InChI is InChI=1S/C19H14ClN3O3S.C14H12ClN3OS.C5H4O3/c20-17-6-5-14(27-17)4-3-13-10-16(15-2-1-8-21-18(15)24)22-23(13)19(25)12-7-9-26-11-12;15-13-6-5-10(20-13)4-3-9-8-12(18-17-9)11-2-1-7-16-14(11)19;6-5(7)4-1-2-8-3-4/h1-2,5-11H,3-4H2,(H,21,24);1-2,5-8H,3-4H2,(H,16,19)(H,17,18);1-3H,(H,6,7). The third-order valence-electron chi connectivity index (χ3n) is 7.86. The number of carboxylic acids is 1. The number of aromatic nitrogens is 6. The number of nitrogens with zero attached hydrogens (tertiary/aromatic N) is 3. The van der Waals surface area contributed by atoms with Gasteiger partial charge in [-0.15, -0.1) is 22.7 Å². The first-order chi connectivity index (χ1) is 26.6. The van der Waals surface area contributed by atoms with Crippen LogP contribution in [-0.2, 0) is 25.7 Å². The van der Waals surface area contributed by atoms with Crippen molar-refractivity contribution in [3.63, 3.8) is 0 Å². The zero-order chi connectivity index (χ0) is 38.7. The average Bonchev–Trinajstić information content (AvgIpc) is 4.03. The number of hydrogen-bond acceptors (Lipinski definition) is 10. The molecule has 0 aliphatic rings. The summed E-state index contributed by atoms with van der Waals surface area (Å²) < 4.78 is 12.4. The SMILES string of the molecule is O=C(O)c1ccoc1.O=C(c1ccoc1)n1nc(-c2ccc[nH]c2=O)cc1CCc1ccc(Cl)s1.O=c1[nH]cccc1-c1cc(CCc2ccc(Cl)s2)[nH]n1. The number of carbonyl (C=O) groups is 2. The summed E-state index contributed by atoms with van der Waals surface area (Å²) in [7, 11) is 0. The van der Waals surface area contributed by atoms with Gasteiger partial charge in [-0.2, -0.15) is 10.2 Å². The van der Waals surface area contributed by atoms with E-state index in [0.717, 1.165) is 32.1 Å². The number of furan rings is 2. The van der Waals surface area contributed by atoms with Crippen molar-refractivity contribution in [1.82, 2.24) is 29.9 Å². The maximum atomic E-state index is 12.8. The van der Waals surface area contributed by atoms with E-state index in [4.69, 9.17) is 32.7 Å². The molecule has 4 N–H and O–H groups in total. The lowest BCUT2D eigenvalue weighted by Crippen LogP contribution is -2.16. The molecule has 280 valence electrons. The molecule has 17 heteroatoms. The van der Waals surface area contributed by atoms with Crippen LogP contribution in [0.2, 0.25) is 8.67 Å². The van der Waals surface area contributed by atoms with Gasteiger partial charge < -0.3 is 23.9 Å². The lowest BCUT2D eigenvalue weighted by atomic mass is 10.1. The van der Waals surface area contributed by atoms with E-state index < -0.39 is 5.97 Å². The minimum atomic E-state index is -0.959. The number of hydrogen-bond donors (Lipinski definition) is 4. The summed E-state index contributed by atoms with van der Waals surface area (Å²) in [5, 5.41) is 19.8. The maximum absolute atomic E-state index is 12.8. The highest BCUT2D eigenvalue weighted by Gasteiger charge is 2.19. The molecule has 0 atom stereocenters. The van der Waals surface area contributed by atoms with Gasteiger partial charge in [-0.05, 0) is 98.5 Å². The van der Waals surface area contributed by atoms with E-state index in [2.05, 4.69) is 29.7 Å². The molecule has 0 aliphatic carbocycles. The summed E-state index contributed by atoms with van der Waals surface area (Å²) in [6.07, 6.45) is 11.5. The van der Waals surface area contributed by atoms with Gasteiger partial charge in [0.1, 0.15) is 12.5 Å². The van der Waals surface area contributed by atoms with Crippen LogP contribution in [0.25, 0.3) is 22.5 Å². The molecule has 0 unspecified atom stereocenters. The molecule has 0 radical (unpaired) electrons. The Hall–Kier alpha value is -6.00. The number of rotatable bonds is 10. The summed E-state index contributed by atoms with van der Waals surface area (Å²) in [6, 6.07) is 21.4. The van der Waals surface area contributed by atoms with Crippen LogP contribution in [0, 0.1) is 0 Å². The smallest absolute Gasteiger partial charge is 0.338 e. The van der Waals surface area contributed by atoms with Gasteiger partial charge in [0, 0.05) is 33.5 Å². The zero-order valence-electron chi connectivity index (χ0n) is 28.5. The van der Waals surface area contributed by atoms with E-state index in [-0.39, 0.29) is 22.6 Å². The molecule has 55 heavy (non-hydrogen) atoms. The van der Waals surface area contributed by atoms with Gasteiger partial charge >= 0.3 is 5.97 Å². The lowest BCUT2D eigenvalue weighted by molar-refractivity contribution is 0.0695. The highest BCUT2D eigenvalue weighted by atomic mass is 35.5. The lowest BCUT2D eigenvalue weighted by Gasteiger charge is -2.04. The van der Waals surface area contributed by atoms with Gasteiger partial charge in [-0.25, -0.2) is 9.48 Å². The molecule has 0 spiro atoms. The minimum absolute atomic E-state index is 0.129. The van der Waals surface area contributed by atoms with E-state index in [1.54, 1.807) is 60.1 Å². The van der Waals surface area contributed by atoms with Crippen molar-refractivity contribution >= 4 is 57.8 Å². The second-order valence-corrected chi connectivity index (χ2v) is 15.2. The van der Waals surface area contributed by atoms with Gasteiger partial charge in [-0.3, -0.25) is 19.5 Å². The van der Waals surface area contributed by atoms with Crippen LogP contribution in [0.3, 0.4) is 0 Å². The Kier molecular flexibility index (Phi) is 12.9. The normalized spacial score (nSPS) is 10.7. The van der Waals surface area contributed by atoms with Gasteiger partial charge in [0.2, 0.25) is 0 Å². The summed E-state index contributed by atoms with van der Waals surface area (Å²) in [4.78, 5) is 54.2. The van der Waals surface area contributed by atoms with Crippen LogP contribution in [0.15, 0.2) is 129 Å². The molecule has 0 saturated carbocycles. The van der Waals surface area contributed by atoms with Crippen molar-refractivity contribution in [3.8, 4) is 22.5 Å². The van der Waals surface area contributed by atoms with Crippen LogP contribution < -0.4 is 11.1 Å². The van der Waals surface area contributed by atoms with Crippen molar-refractivity contribution in [2.24, 2.45) is 0 Å². The Morgan fingerprint density at radius 1 is 0.727 bits per heavy atom. The summed E-state index contributed by atoms with van der Waals surface area (Å²) in [5.74, 6) is -1.26. The fourth-order valence-corrected chi connectivity index (χ4v) is 7.33. The monoisotopic (exact) mass is 816 g/mol. The molecule has 8 heterocycles. The van der Waals surface area contributed by atoms with Gasteiger partial charge in [-0.1, -0.05) is 23.2 Å². The molecule has 8 aromatic rings. The maximum Gasteiger partial charge on any atom is 0.338 e. The summed E-state index contributed by atoms with van der Waals surface area (Å²) >= 11 is 15.0. The Bertz CT molecular complexity index is 2600. The predicted octanol–water partition coefficient (Wildman–Crippen LogP) is 8.26. The van der Waals surface area contributed by atoms with Crippen molar-refractivity contribution < 1.29 is 23.5 Å². The van der Waals surface area contributed by atoms with Crippen molar-refractivity contribution in [2.45, 2.75) is 25.7 Å². The largest absolute Gasteiger partial charge is 0.478 e. The van der Waals surface area contributed by atoms with Crippen LogP contribution in [-0.4, -0.2) is 46.9 Å². The Morgan fingerprint density at radius 2 is 1.31 bits per heavy atom. The minimum Gasteiger partial charge on any atom is -0.478 e. The molecular weight excluding hydrogens is 787 g/mol. The number of halogens is 2. The van der Waals surface area contributed by atoms with Crippen LogP contribution in [0.5, 0.6) is 0 Å². The first kappa shape index (κ1) is 38.7. The second-order valence-electron chi connectivity index (χ2n) is 11.6. The van der Waals surface area contributed by atoms with E-state index in [1.165, 1.54) is 52.0 Å². The highest BCUT2D eigenvalue weighted by Crippen LogP contribution is 2.25. The average molecular weight is 818 g/mol. The Balaban J connectivity index is 0.000000160. The Labute approximate surface area is 329 Å². The van der Waals surface area contributed by atoms with Gasteiger partial charge in [0.05, 0.1) is 54.8 Å². The number of aromatic amines is 3. The van der Waals surface area contributed by atoms with Crippen LogP contribution in [0.4, 0.5) is 0 Å². The fraction of sp³-hybridized carbons (Fsp3) is 0.105. The van der Waals surface area contributed by atoms with Crippen molar-refractivity contribution in [2.75, 3.05) is 0 Å². The van der Waals surface area contributed by atoms with Crippen molar-refractivity contribution in [1.29, 1.82) is 0 Å². The van der Waals surface area contributed by atoms with Crippen LogP contribution in [0.1, 0.15) is 41.9 Å². The molecule has 0 fully saturated rings. The van der Waals surface area contributed by atoms with Crippen LogP contribution >= 0.6 is 45.9 Å². The fourth-order valence-electron chi connectivity index (χ4n) is 5.16. The number of nitrogens with one attached hydrogen (secondary N) is 3. The molecule has 8 rings (SSSR count). The first-order valence-corrected chi connectivity index (χ1v) is 18.8. The third kappa shape index (κ3) is 10.4.